The Hall–Kier alpha value is -0.260. The summed E-state index contributed by atoms with van der Waals surface area (Å²) in [6.45, 7) is 7.13. The third kappa shape index (κ3) is 0.881. The van der Waals surface area contributed by atoms with Crippen molar-refractivity contribution in [2.75, 3.05) is 0 Å². The SMILES string of the molecule is CC(C)C12C=CC(C)(CC1)C2. The molecule has 0 nitrogen and oxygen atoms in total. The first-order chi connectivity index (χ1) is 5.06. The molecule has 2 aliphatic carbocycles. The van der Waals surface area contributed by atoms with Crippen molar-refractivity contribution in [1.29, 1.82) is 0 Å². The van der Waals surface area contributed by atoms with Crippen LogP contribution in [0.15, 0.2) is 12.2 Å². The van der Waals surface area contributed by atoms with Crippen molar-refractivity contribution in [3.8, 4) is 0 Å². The van der Waals surface area contributed by atoms with Crippen LogP contribution < -0.4 is 0 Å². The molecule has 2 unspecified atom stereocenters. The first-order valence-electron chi connectivity index (χ1n) is 4.77. The summed E-state index contributed by atoms with van der Waals surface area (Å²) in [5.41, 5.74) is 1.17. The number of hydrogen-bond donors (Lipinski definition) is 0. The van der Waals surface area contributed by atoms with Gasteiger partial charge in [-0.05, 0) is 36.0 Å². The van der Waals surface area contributed by atoms with Gasteiger partial charge in [-0.1, -0.05) is 32.9 Å². The zero-order valence-corrected chi connectivity index (χ0v) is 7.85. The van der Waals surface area contributed by atoms with Gasteiger partial charge in [0.25, 0.3) is 0 Å². The molecule has 0 heterocycles. The quantitative estimate of drug-likeness (QED) is 0.503. The van der Waals surface area contributed by atoms with Crippen LogP contribution in [0.25, 0.3) is 0 Å². The Labute approximate surface area is 69.7 Å². The average Bonchev–Trinajstić information content (AvgIpc) is 2.42. The van der Waals surface area contributed by atoms with E-state index < -0.39 is 0 Å². The molecule has 0 aliphatic heterocycles. The lowest BCUT2D eigenvalue weighted by molar-refractivity contribution is 0.271. The lowest BCUT2D eigenvalue weighted by atomic mass is 9.77. The van der Waals surface area contributed by atoms with E-state index in [4.69, 9.17) is 0 Å². The maximum Gasteiger partial charge on any atom is -0.00866 e. The maximum absolute atomic E-state index is 2.49. The van der Waals surface area contributed by atoms with Crippen LogP contribution >= 0.6 is 0 Å². The Morgan fingerprint density at radius 2 is 1.91 bits per heavy atom. The summed E-state index contributed by atoms with van der Waals surface area (Å²) in [5.74, 6) is 0.836. The third-order valence-corrected chi connectivity index (χ3v) is 3.86. The monoisotopic (exact) mass is 150 g/mol. The van der Waals surface area contributed by atoms with Gasteiger partial charge in [0.1, 0.15) is 0 Å². The highest BCUT2D eigenvalue weighted by atomic mass is 14.5. The van der Waals surface area contributed by atoms with Gasteiger partial charge in [-0.3, -0.25) is 0 Å². The largest absolute Gasteiger partial charge is 0.0820 e. The van der Waals surface area contributed by atoms with Crippen molar-refractivity contribution in [3.05, 3.63) is 12.2 Å². The second-order valence-corrected chi connectivity index (χ2v) is 5.05. The van der Waals surface area contributed by atoms with E-state index in [1.54, 1.807) is 0 Å². The Bertz CT molecular complexity index is 202. The molecule has 0 aromatic rings. The zero-order valence-electron chi connectivity index (χ0n) is 7.85. The predicted octanol–water partition coefficient (Wildman–Crippen LogP) is 3.39. The lowest BCUT2D eigenvalue weighted by Gasteiger charge is -2.27. The smallest absolute Gasteiger partial charge is 0.00866 e. The summed E-state index contributed by atoms with van der Waals surface area (Å²) in [6.07, 6.45) is 9.20. The summed E-state index contributed by atoms with van der Waals surface area (Å²) >= 11 is 0. The van der Waals surface area contributed by atoms with Gasteiger partial charge >= 0.3 is 0 Å². The van der Waals surface area contributed by atoms with Crippen LogP contribution in [0, 0.1) is 16.7 Å². The molecule has 0 radical (unpaired) electrons. The minimum atomic E-state index is 0.574. The van der Waals surface area contributed by atoms with Gasteiger partial charge in [-0.2, -0.15) is 0 Å². The highest BCUT2D eigenvalue weighted by Gasteiger charge is 2.48. The average molecular weight is 150 g/mol. The van der Waals surface area contributed by atoms with E-state index in [0.29, 0.717) is 10.8 Å². The van der Waals surface area contributed by atoms with E-state index in [-0.39, 0.29) is 0 Å². The molecule has 1 saturated carbocycles. The van der Waals surface area contributed by atoms with E-state index in [2.05, 4.69) is 32.9 Å². The molecule has 2 bridgehead atoms. The molecule has 11 heavy (non-hydrogen) atoms. The summed E-state index contributed by atoms with van der Waals surface area (Å²) in [5, 5.41) is 0. The number of allylic oxidation sites excluding steroid dienone is 2. The molecule has 0 N–H and O–H groups in total. The molecule has 2 aliphatic rings. The summed E-state index contributed by atoms with van der Waals surface area (Å²) in [7, 11) is 0. The van der Waals surface area contributed by atoms with Crippen molar-refractivity contribution in [2.24, 2.45) is 16.7 Å². The van der Waals surface area contributed by atoms with Gasteiger partial charge in [-0.25, -0.2) is 0 Å². The molecular weight excluding hydrogens is 132 g/mol. The molecular formula is C11H18. The summed E-state index contributed by atoms with van der Waals surface area (Å²) in [4.78, 5) is 0. The van der Waals surface area contributed by atoms with Crippen LogP contribution in [0.5, 0.6) is 0 Å². The second-order valence-electron chi connectivity index (χ2n) is 5.05. The van der Waals surface area contributed by atoms with Gasteiger partial charge in [0.2, 0.25) is 0 Å². The lowest BCUT2D eigenvalue weighted by Crippen LogP contribution is -2.19. The van der Waals surface area contributed by atoms with Crippen molar-refractivity contribution >= 4 is 0 Å². The molecule has 1 fully saturated rings. The summed E-state index contributed by atoms with van der Waals surface area (Å²) < 4.78 is 0. The van der Waals surface area contributed by atoms with Crippen LogP contribution in [0.2, 0.25) is 0 Å². The van der Waals surface area contributed by atoms with Gasteiger partial charge < -0.3 is 0 Å². The second kappa shape index (κ2) is 1.91. The molecule has 0 spiro atoms. The first-order valence-corrected chi connectivity index (χ1v) is 4.77. The Balaban J connectivity index is 2.29. The fourth-order valence-electron chi connectivity index (χ4n) is 2.78. The van der Waals surface area contributed by atoms with Crippen molar-refractivity contribution in [1.82, 2.24) is 0 Å². The van der Waals surface area contributed by atoms with E-state index in [1.165, 1.54) is 19.3 Å². The van der Waals surface area contributed by atoms with Crippen LogP contribution in [0.4, 0.5) is 0 Å². The van der Waals surface area contributed by atoms with E-state index >= 15 is 0 Å². The maximum atomic E-state index is 2.49. The predicted molar refractivity (Wildman–Crippen MR) is 48.4 cm³/mol. The Kier molecular flexibility index (Phi) is 1.28. The van der Waals surface area contributed by atoms with Crippen LogP contribution in [-0.4, -0.2) is 0 Å². The van der Waals surface area contributed by atoms with E-state index in [1.807, 2.05) is 0 Å². The van der Waals surface area contributed by atoms with Crippen molar-refractivity contribution in [2.45, 2.75) is 40.0 Å². The molecule has 2 rings (SSSR count). The van der Waals surface area contributed by atoms with E-state index in [9.17, 15) is 0 Å². The minimum Gasteiger partial charge on any atom is -0.0820 e. The van der Waals surface area contributed by atoms with Crippen molar-refractivity contribution < 1.29 is 0 Å². The topological polar surface area (TPSA) is 0 Å². The van der Waals surface area contributed by atoms with Crippen LogP contribution in [0.3, 0.4) is 0 Å². The van der Waals surface area contributed by atoms with E-state index in [0.717, 1.165) is 5.92 Å². The number of rotatable bonds is 1. The summed E-state index contributed by atoms with van der Waals surface area (Å²) in [6, 6.07) is 0. The zero-order chi connectivity index (χ0) is 8.11. The Morgan fingerprint density at radius 1 is 1.18 bits per heavy atom. The number of hydrogen-bond acceptors (Lipinski definition) is 0. The molecule has 0 heteroatoms. The van der Waals surface area contributed by atoms with Gasteiger partial charge in [0.05, 0.1) is 0 Å². The molecule has 62 valence electrons. The third-order valence-electron chi connectivity index (χ3n) is 3.86. The molecule has 0 amide bonds. The highest BCUT2D eigenvalue weighted by molar-refractivity contribution is 5.21. The van der Waals surface area contributed by atoms with Gasteiger partial charge in [-0.15, -0.1) is 0 Å². The minimum absolute atomic E-state index is 0.574. The molecule has 0 aromatic heterocycles. The van der Waals surface area contributed by atoms with Gasteiger partial charge in [0, 0.05) is 0 Å². The van der Waals surface area contributed by atoms with Crippen LogP contribution in [0.1, 0.15) is 40.0 Å². The fourth-order valence-corrected chi connectivity index (χ4v) is 2.78. The number of fused-ring (bicyclic) bond motifs is 2. The molecule has 2 atom stereocenters. The first kappa shape index (κ1) is 7.39. The van der Waals surface area contributed by atoms with Crippen LogP contribution in [-0.2, 0) is 0 Å². The normalized spacial score (nSPS) is 47.6. The standard InChI is InChI=1S/C11H18/c1-9(2)11-6-4-10(3,8-11)5-7-11/h4,6,9H,5,7-8H2,1-3H3. The highest BCUT2D eigenvalue weighted by Crippen LogP contribution is 2.59. The fraction of sp³-hybridized carbons (Fsp3) is 0.818. The van der Waals surface area contributed by atoms with Gasteiger partial charge in [0.15, 0.2) is 0 Å². The van der Waals surface area contributed by atoms with Crippen molar-refractivity contribution in [3.63, 3.8) is 0 Å². The molecule has 0 aromatic carbocycles. The Morgan fingerprint density at radius 3 is 2.09 bits per heavy atom. The molecule has 0 saturated heterocycles.